The topological polar surface area (TPSA) is 20.3 Å². The number of hydrogen-bond acceptors (Lipinski definition) is 1. The molecule has 1 amide bonds. The van der Waals surface area contributed by atoms with E-state index in [9.17, 15) is 4.79 Å². The van der Waals surface area contributed by atoms with Crippen LogP contribution in [0.2, 0.25) is 0 Å². The van der Waals surface area contributed by atoms with Crippen LogP contribution in [-0.4, -0.2) is 29.2 Å². The third kappa shape index (κ3) is 3.76. The van der Waals surface area contributed by atoms with E-state index in [1.807, 2.05) is 0 Å². The summed E-state index contributed by atoms with van der Waals surface area (Å²) in [7, 11) is 0. The standard InChI is InChI=1S/C13H24BrNO/c1-3-5-6-12(4-2)13(16)15-8-7-11(9-14)10-15/h11-12H,3-10H2,1-2H3. The molecule has 0 spiro atoms. The van der Waals surface area contributed by atoms with Crippen LogP contribution in [0.3, 0.4) is 0 Å². The van der Waals surface area contributed by atoms with Crippen LogP contribution in [0.25, 0.3) is 0 Å². The van der Waals surface area contributed by atoms with Gasteiger partial charge in [-0.3, -0.25) is 4.79 Å². The minimum Gasteiger partial charge on any atom is -0.342 e. The molecule has 2 atom stereocenters. The molecule has 0 aliphatic carbocycles. The number of unbranched alkanes of at least 4 members (excludes halogenated alkanes) is 1. The van der Waals surface area contributed by atoms with E-state index in [0.717, 1.165) is 31.3 Å². The second-order valence-corrected chi connectivity index (χ2v) is 5.49. The molecule has 2 unspecified atom stereocenters. The van der Waals surface area contributed by atoms with Crippen molar-refractivity contribution in [3.8, 4) is 0 Å². The van der Waals surface area contributed by atoms with Gasteiger partial charge in [0, 0.05) is 24.3 Å². The van der Waals surface area contributed by atoms with Gasteiger partial charge in [0.25, 0.3) is 0 Å². The highest BCUT2D eigenvalue weighted by molar-refractivity contribution is 9.09. The van der Waals surface area contributed by atoms with Gasteiger partial charge in [0.05, 0.1) is 0 Å². The Hall–Kier alpha value is -0.0500. The molecule has 1 saturated heterocycles. The van der Waals surface area contributed by atoms with Crippen LogP contribution in [0.1, 0.15) is 46.0 Å². The van der Waals surface area contributed by atoms with Crippen LogP contribution in [0.15, 0.2) is 0 Å². The molecule has 0 aromatic carbocycles. The lowest BCUT2D eigenvalue weighted by atomic mass is 9.98. The Morgan fingerprint density at radius 3 is 2.75 bits per heavy atom. The number of carbonyl (C=O) groups is 1. The summed E-state index contributed by atoms with van der Waals surface area (Å²) in [4.78, 5) is 14.3. The molecule has 1 heterocycles. The first-order valence-electron chi connectivity index (χ1n) is 6.57. The third-order valence-electron chi connectivity index (χ3n) is 3.56. The number of rotatable bonds is 6. The van der Waals surface area contributed by atoms with Gasteiger partial charge in [-0.05, 0) is 25.2 Å². The largest absolute Gasteiger partial charge is 0.342 e. The molecule has 0 N–H and O–H groups in total. The summed E-state index contributed by atoms with van der Waals surface area (Å²) in [5.41, 5.74) is 0. The van der Waals surface area contributed by atoms with Gasteiger partial charge >= 0.3 is 0 Å². The molecule has 0 aromatic rings. The highest BCUT2D eigenvalue weighted by Crippen LogP contribution is 2.23. The van der Waals surface area contributed by atoms with Crippen molar-refractivity contribution >= 4 is 21.8 Å². The fraction of sp³-hybridized carbons (Fsp3) is 0.923. The van der Waals surface area contributed by atoms with Gasteiger partial charge in [-0.25, -0.2) is 0 Å². The van der Waals surface area contributed by atoms with E-state index in [4.69, 9.17) is 0 Å². The van der Waals surface area contributed by atoms with Gasteiger partial charge in [0.2, 0.25) is 5.91 Å². The van der Waals surface area contributed by atoms with Crippen molar-refractivity contribution in [2.45, 2.75) is 46.0 Å². The Morgan fingerprint density at radius 2 is 2.25 bits per heavy atom. The summed E-state index contributed by atoms with van der Waals surface area (Å²) >= 11 is 3.51. The predicted molar refractivity (Wildman–Crippen MR) is 71.8 cm³/mol. The van der Waals surface area contributed by atoms with Gasteiger partial charge in [0.15, 0.2) is 0 Å². The summed E-state index contributed by atoms with van der Waals surface area (Å²) in [6.45, 7) is 6.26. The predicted octanol–water partition coefficient (Wildman–Crippen LogP) is 3.45. The Morgan fingerprint density at radius 1 is 1.50 bits per heavy atom. The first kappa shape index (κ1) is 14.0. The van der Waals surface area contributed by atoms with E-state index < -0.39 is 0 Å². The number of carbonyl (C=O) groups excluding carboxylic acids is 1. The van der Waals surface area contributed by atoms with Crippen molar-refractivity contribution in [3.63, 3.8) is 0 Å². The summed E-state index contributed by atoms with van der Waals surface area (Å²) in [6, 6.07) is 0. The highest BCUT2D eigenvalue weighted by atomic mass is 79.9. The summed E-state index contributed by atoms with van der Waals surface area (Å²) in [5, 5.41) is 1.03. The zero-order chi connectivity index (χ0) is 12.0. The quantitative estimate of drug-likeness (QED) is 0.686. The van der Waals surface area contributed by atoms with E-state index in [1.165, 1.54) is 19.3 Å². The minimum atomic E-state index is 0.272. The van der Waals surface area contributed by atoms with Gasteiger partial charge in [-0.2, -0.15) is 0 Å². The average molecular weight is 290 g/mol. The molecular weight excluding hydrogens is 266 g/mol. The fourth-order valence-corrected chi connectivity index (χ4v) is 2.90. The van der Waals surface area contributed by atoms with Crippen LogP contribution < -0.4 is 0 Å². The lowest BCUT2D eigenvalue weighted by molar-refractivity contribution is -0.134. The molecule has 0 aromatic heterocycles. The smallest absolute Gasteiger partial charge is 0.225 e. The van der Waals surface area contributed by atoms with Crippen molar-refractivity contribution in [1.82, 2.24) is 4.90 Å². The summed E-state index contributed by atoms with van der Waals surface area (Å²) in [5.74, 6) is 1.35. The van der Waals surface area contributed by atoms with Crippen LogP contribution in [0, 0.1) is 11.8 Å². The normalized spacial score (nSPS) is 22.4. The summed E-state index contributed by atoms with van der Waals surface area (Å²) in [6.07, 6.45) is 5.60. The number of alkyl halides is 1. The number of amides is 1. The number of halogens is 1. The first-order valence-corrected chi connectivity index (χ1v) is 7.69. The average Bonchev–Trinajstić information content (AvgIpc) is 2.78. The molecule has 0 saturated carbocycles. The number of hydrogen-bond donors (Lipinski definition) is 0. The SMILES string of the molecule is CCCCC(CC)C(=O)N1CCC(CBr)C1. The van der Waals surface area contributed by atoms with Crippen molar-refractivity contribution in [2.75, 3.05) is 18.4 Å². The van der Waals surface area contributed by atoms with Crippen LogP contribution in [-0.2, 0) is 4.79 Å². The van der Waals surface area contributed by atoms with E-state index >= 15 is 0 Å². The maximum Gasteiger partial charge on any atom is 0.225 e. The molecule has 1 aliphatic rings. The zero-order valence-electron chi connectivity index (χ0n) is 10.5. The van der Waals surface area contributed by atoms with Gasteiger partial charge in [-0.15, -0.1) is 0 Å². The molecule has 0 radical (unpaired) electrons. The molecule has 2 nitrogen and oxygen atoms in total. The second-order valence-electron chi connectivity index (χ2n) is 4.84. The molecule has 1 fully saturated rings. The van der Waals surface area contributed by atoms with Gasteiger partial charge < -0.3 is 4.90 Å². The number of likely N-dealkylation sites (tertiary alicyclic amines) is 1. The lowest BCUT2D eigenvalue weighted by Crippen LogP contribution is -2.34. The van der Waals surface area contributed by atoms with Crippen molar-refractivity contribution < 1.29 is 4.79 Å². The minimum absolute atomic E-state index is 0.272. The van der Waals surface area contributed by atoms with E-state index in [0.29, 0.717) is 11.8 Å². The third-order valence-corrected chi connectivity index (χ3v) is 4.48. The fourth-order valence-electron chi connectivity index (χ4n) is 2.37. The van der Waals surface area contributed by atoms with Crippen molar-refractivity contribution in [2.24, 2.45) is 11.8 Å². The van der Waals surface area contributed by atoms with E-state index in [-0.39, 0.29) is 5.92 Å². The maximum atomic E-state index is 12.3. The van der Waals surface area contributed by atoms with Gasteiger partial charge in [0.1, 0.15) is 0 Å². The van der Waals surface area contributed by atoms with Crippen LogP contribution in [0.4, 0.5) is 0 Å². The molecule has 94 valence electrons. The first-order chi connectivity index (χ1) is 7.72. The molecule has 16 heavy (non-hydrogen) atoms. The zero-order valence-corrected chi connectivity index (χ0v) is 12.1. The maximum absolute atomic E-state index is 12.3. The molecule has 0 bridgehead atoms. The Labute approximate surface area is 108 Å². The second kappa shape index (κ2) is 7.31. The Balaban J connectivity index is 2.42. The van der Waals surface area contributed by atoms with Gasteiger partial charge in [-0.1, -0.05) is 42.6 Å². The summed E-state index contributed by atoms with van der Waals surface area (Å²) < 4.78 is 0. The molecule has 3 heteroatoms. The highest BCUT2D eigenvalue weighted by Gasteiger charge is 2.29. The molecular formula is C13H24BrNO. The van der Waals surface area contributed by atoms with Crippen molar-refractivity contribution in [1.29, 1.82) is 0 Å². The van der Waals surface area contributed by atoms with E-state index in [1.54, 1.807) is 0 Å². The Bertz CT molecular complexity index is 216. The molecule has 1 aliphatic heterocycles. The number of nitrogens with zero attached hydrogens (tertiary/aromatic N) is 1. The molecule has 1 rings (SSSR count). The lowest BCUT2D eigenvalue weighted by Gasteiger charge is -2.22. The van der Waals surface area contributed by atoms with E-state index in [2.05, 4.69) is 34.7 Å². The Kier molecular flexibility index (Phi) is 6.40. The monoisotopic (exact) mass is 289 g/mol. The van der Waals surface area contributed by atoms with Crippen molar-refractivity contribution in [3.05, 3.63) is 0 Å². The van der Waals surface area contributed by atoms with Crippen LogP contribution >= 0.6 is 15.9 Å². The van der Waals surface area contributed by atoms with Crippen LogP contribution in [0.5, 0.6) is 0 Å².